The summed E-state index contributed by atoms with van der Waals surface area (Å²) in [6, 6.07) is 10.6. The zero-order valence-electron chi connectivity index (χ0n) is 14.4. The molecular weight excluding hydrogens is 375 g/mol. The molecule has 0 amide bonds. The van der Waals surface area contributed by atoms with Gasteiger partial charge in [-0.05, 0) is 43.2 Å². The molecule has 1 atom stereocenters. The molecule has 3 rings (SSSR count). The molecule has 2 aromatic carbocycles. The van der Waals surface area contributed by atoms with Gasteiger partial charge in [-0.3, -0.25) is 0 Å². The van der Waals surface area contributed by atoms with Crippen molar-refractivity contribution in [3.63, 3.8) is 0 Å². The van der Waals surface area contributed by atoms with E-state index in [1.54, 1.807) is 31.2 Å². The molecule has 0 aliphatic rings. The Balaban J connectivity index is 1.94. The van der Waals surface area contributed by atoms with Crippen LogP contribution in [0.3, 0.4) is 0 Å². The second kappa shape index (κ2) is 7.70. The highest BCUT2D eigenvalue weighted by Gasteiger charge is 2.16. The van der Waals surface area contributed by atoms with Gasteiger partial charge >= 0.3 is 5.63 Å². The second-order valence-electron chi connectivity index (χ2n) is 6.24. The van der Waals surface area contributed by atoms with Crippen molar-refractivity contribution in [3.05, 3.63) is 73.6 Å². The van der Waals surface area contributed by atoms with Crippen LogP contribution >= 0.6 is 23.2 Å². The summed E-state index contributed by atoms with van der Waals surface area (Å²) in [5.41, 5.74) is 2.09. The van der Waals surface area contributed by atoms with Crippen LogP contribution in [0.4, 0.5) is 0 Å². The zero-order valence-corrected chi connectivity index (χ0v) is 15.9. The van der Waals surface area contributed by atoms with Gasteiger partial charge in [-0.2, -0.15) is 0 Å². The smallest absolute Gasteiger partial charge is 0.339 e. The second-order valence-corrected chi connectivity index (χ2v) is 7.08. The molecule has 136 valence electrons. The Bertz CT molecular complexity index is 991. The predicted octanol–water partition coefficient (Wildman–Crippen LogP) is 4.91. The van der Waals surface area contributed by atoms with Crippen LogP contribution in [-0.4, -0.2) is 11.2 Å². The Kier molecular flexibility index (Phi) is 5.56. The van der Waals surface area contributed by atoms with E-state index in [0.717, 1.165) is 16.5 Å². The molecule has 0 saturated heterocycles. The minimum Gasteiger partial charge on any atom is -0.487 e. The van der Waals surface area contributed by atoms with E-state index in [0.29, 0.717) is 33.5 Å². The highest BCUT2D eigenvalue weighted by Crippen LogP contribution is 2.32. The summed E-state index contributed by atoms with van der Waals surface area (Å²) in [6.07, 6.45) is -0.400. The highest BCUT2D eigenvalue weighted by molar-refractivity contribution is 6.32. The number of hydrogen-bond acceptors (Lipinski definition) is 4. The molecular formula is C20H18Cl2O4. The van der Waals surface area contributed by atoms with Crippen molar-refractivity contribution in [3.8, 4) is 5.75 Å². The van der Waals surface area contributed by atoms with Crippen molar-refractivity contribution < 1.29 is 14.3 Å². The van der Waals surface area contributed by atoms with Crippen molar-refractivity contribution in [1.82, 2.24) is 0 Å². The van der Waals surface area contributed by atoms with Gasteiger partial charge in [-0.25, -0.2) is 4.79 Å². The summed E-state index contributed by atoms with van der Waals surface area (Å²) >= 11 is 12.2. The third kappa shape index (κ3) is 4.04. The maximum absolute atomic E-state index is 12.2. The van der Waals surface area contributed by atoms with Gasteiger partial charge in [-0.1, -0.05) is 35.3 Å². The van der Waals surface area contributed by atoms with Crippen LogP contribution in [0.5, 0.6) is 5.75 Å². The largest absolute Gasteiger partial charge is 0.487 e. The Hall–Kier alpha value is -2.01. The molecule has 0 aliphatic carbocycles. The fourth-order valence-electron chi connectivity index (χ4n) is 2.77. The van der Waals surface area contributed by atoms with Crippen LogP contribution in [0.2, 0.25) is 10.0 Å². The predicted molar refractivity (Wildman–Crippen MR) is 103 cm³/mol. The van der Waals surface area contributed by atoms with E-state index in [2.05, 4.69) is 0 Å². The summed E-state index contributed by atoms with van der Waals surface area (Å²) in [7, 11) is 0. The SMILES string of the molecule is Cc1c(C[C@H](C)O)c(=O)oc2cc(OCc3ccc(Cl)cc3)c(Cl)cc12. The molecule has 0 spiro atoms. The molecule has 0 aliphatic heterocycles. The van der Waals surface area contributed by atoms with Crippen LogP contribution < -0.4 is 10.4 Å². The van der Waals surface area contributed by atoms with Gasteiger partial charge in [0, 0.05) is 28.5 Å². The normalized spacial score (nSPS) is 12.3. The molecule has 1 heterocycles. The summed E-state index contributed by atoms with van der Waals surface area (Å²) in [6.45, 7) is 3.76. The Morgan fingerprint density at radius 3 is 2.54 bits per heavy atom. The molecule has 6 heteroatoms. The average molecular weight is 393 g/mol. The van der Waals surface area contributed by atoms with Gasteiger partial charge in [0.15, 0.2) is 0 Å². The molecule has 1 aromatic heterocycles. The standard InChI is InChI=1S/C20H18Cl2O4/c1-11(23)7-16-12(2)15-8-17(22)19(9-18(15)26-20(16)24)25-10-13-3-5-14(21)6-4-13/h3-6,8-9,11,23H,7,10H2,1-2H3/t11-/m0/s1. The van der Waals surface area contributed by atoms with Crippen molar-refractivity contribution >= 4 is 34.2 Å². The number of aliphatic hydroxyl groups is 1. The molecule has 3 aromatic rings. The lowest BCUT2D eigenvalue weighted by atomic mass is 10.0. The molecule has 4 nitrogen and oxygen atoms in total. The number of halogens is 2. The first-order valence-corrected chi connectivity index (χ1v) is 8.92. The number of ether oxygens (including phenoxy) is 1. The number of hydrogen-bond donors (Lipinski definition) is 1. The number of aliphatic hydroxyl groups excluding tert-OH is 1. The topological polar surface area (TPSA) is 59.7 Å². The van der Waals surface area contributed by atoms with Crippen molar-refractivity contribution in [2.24, 2.45) is 0 Å². The van der Waals surface area contributed by atoms with Crippen LogP contribution in [0.15, 0.2) is 45.6 Å². The quantitative estimate of drug-likeness (QED) is 0.626. The summed E-state index contributed by atoms with van der Waals surface area (Å²) in [5.74, 6) is 0.431. The van der Waals surface area contributed by atoms with Gasteiger partial charge in [0.25, 0.3) is 0 Å². The first kappa shape index (κ1) is 18.8. The van der Waals surface area contributed by atoms with E-state index in [9.17, 15) is 9.90 Å². The zero-order chi connectivity index (χ0) is 18.8. The third-order valence-electron chi connectivity index (χ3n) is 4.15. The average Bonchev–Trinajstić information content (AvgIpc) is 2.59. The number of fused-ring (bicyclic) bond motifs is 1. The lowest BCUT2D eigenvalue weighted by Gasteiger charge is -2.12. The Labute approximate surface area is 160 Å². The summed E-state index contributed by atoms with van der Waals surface area (Å²) in [4.78, 5) is 12.2. The minimum atomic E-state index is -0.633. The molecule has 26 heavy (non-hydrogen) atoms. The number of benzene rings is 2. The monoisotopic (exact) mass is 392 g/mol. The molecule has 0 fully saturated rings. The third-order valence-corrected chi connectivity index (χ3v) is 4.69. The lowest BCUT2D eigenvalue weighted by molar-refractivity contribution is 0.194. The van der Waals surface area contributed by atoms with Gasteiger partial charge in [-0.15, -0.1) is 0 Å². The van der Waals surface area contributed by atoms with E-state index < -0.39 is 11.7 Å². The lowest BCUT2D eigenvalue weighted by Crippen LogP contribution is -2.16. The molecule has 0 radical (unpaired) electrons. The molecule has 0 bridgehead atoms. The van der Waals surface area contributed by atoms with E-state index >= 15 is 0 Å². The Morgan fingerprint density at radius 1 is 1.19 bits per heavy atom. The number of rotatable bonds is 5. The van der Waals surface area contributed by atoms with E-state index in [4.69, 9.17) is 32.4 Å². The van der Waals surface area contributed by atoms with Crippen molar-refractivity contribution in [1.29, 1.82) is 0 Å². The van der Waals surface area contributed by atoms with Crippen LogP contribution in [0.25, 0.3) is 11.0 Å². The summed E-state index contributed by atoms with van der Waals surface area (Å²) in [5, 5.41) is 11.4. The maximum atomic E-state index is 12.2. The van der Waals surface area contributed by atoms with Crippen molar-refractivity contribution in [2.45, 2.75) is 33.0 Å². The molecule has 0 unspecified atom stereocenters. The maximum Gasteiger partial charge on any atom is 0.339 e. The van der Waals surface area contributed by atoms with Crippen LogP contribution in [-0.2, 0) is 13.0 Å². The van der Waals surface area contributed by atoms with Crippen LogP contribution in [0, 0.1) is 6.92 Å². The molecule has 0 saturated carbocycles. The van der Waals surface area contributed by atoms with Gasteiger partial charge in [0.1, 0.15) is 17.9 Å². The van der Waals surface area contributed by atoms with Gasteiger partial charge in [0.05, 0.1) is 11.1 Å². The molecule has 1 N–H and O–H groups in total. The fourth-order valence-corrected chi connectivity index (χ4v) is 3.12. The number of aryl methyl sites for hydroxylation is 1. The van der Waals surface area contributed by atoms with Gasteiger partial charge in [0.2, 0.25) is 0 Å². The Morgan fingerprint density at radius 2 is 1.88 bits per heavy atom. The summed E-state index contributed by atoms with van der Waals surface area (Å²) < 4.78 is 11.2. The fraction of sp³-hybridized carbons (Fsp3) is 0.250. The first-order valence-electron chi connectivity index (χ1n) is 8.16. The van der Waals surface area contributed by atoms with E-state index in [-0.39, 0.29) is 6.42 Å². The van der Waals surface area contributed by atoms with E-state index in [1.165, 1.54) is 0 Å². The van der Waals surface area contributed by atoms with Gasteiger partial charge < -0.3 is 14.3 Å². The van der Waals surface area contributed by atoms with Crippen LogP contribution in [0.1, 0.15) is 23.6 Å². The highest BCUT2D eigenvalue weighted by atomic mass is 35.5. The first-order chi connectivity index (χ1) is 12.3. The minimum absolute atomic E-state index is 0.233. The van der Waals surface area contributed by atoms with Crippen molar-refractivity contribution in [2.75, 3.05) is 0 Å². The van der Waals surface area contributed by atoms with E-state index in [1.807, 2.05) is 19.1 Å².